The summed E-state index contributed by atoms with van der Waals surface area (Å²) in [5, 5.41) is 3.30. The van der Waals surface area contributed by atoms with Crippen LogP contribution in [-0.2, 0) is 11.2 Å². The highest BCUT2D eigenvalue weighted by Crippen LogP contribution is 2.27. The third kappa shape index (κ3) is 5.94. The van der Waals surface area contributed by atoms with Crippen LogP contribution in [-0.4, -0.2) is 24.6 Å². The van der Waals surface area contributed by atoms with E-state index >= 15 is 0 Å². The molecule has 21 heavy (non-hydrogen) atoms. The number of carbonyl (C=O) groups is 1. The summed E-state index contributed by atoms with van der Waals surface area (Å²) in [6.45, 7) is 6.42. The lowest BCUT2D eigenvalue weighted by Crippen LogP contribution is -2.36. The number of ether oxygens (including phenoxy) is 1. The number of hydrogen-bond donors (Lipinski definition) is 2. The summed E-state index contributed by atoms with van der Waals surface area (Å²) < 4.78 is 5.62. The molecule has 0 saturated carbocycles. The van der Waals surface area contributed by atoms with Crippen molar-refractivity contribution in [2.75, 3.05) is 6.54 Å². The number of amides is 1. The van der Waals surface area contributed by atoms with Crippen LogP contribution in [0.2, 0.25) is 5.02 Å². The number of nitrogens with two attached hydrogens (primary N) is 1. The van der Waals surface area contributed by atoms with Crippen LogP contribution >= 0.6 is 11.6 Å². The topological polar surface area (TPSA) is 64.3 Å². The van der Waals surface area contributed by atoms with E-state index in [0.29, 0.717) is 17.3 Å². The number of rotatable bonds is 8. The maximum Gasteiger partial charge on any atom is 0.260 e. The lowest BCUT2D eigenvalue weighted by molar-refractivity contribution is -0.127. The van der Waals surface area contributed by atoms with Crippen LogP contribution < -0.4 is 15.8 Å². The fourth-order valence-corrected chi connectivity index (χ4v) is 2.10. The standard InChI is InChI=1S/C16H25ClN2O2/c1-4-8-19-16(20)11(3)21-15-7-6-12(10-14(15)17)9-13(18)5-2/h6-7,10-11,13H,4-5,8-9,18H2,1-3H3,(H,19,20). The maximum atomic E-state index is 11.8. The van der Waals surface area contributed by atoms with Gasteiger partial charge in [0.25, 0.3) is 5.91 Å². The fourth-order valence-electron chi connectivity index (χ4n) is 1.85. The van der Waals surface area contributed by atoms with Crippen molar-refractivity contribution in [2.45, 2.75) is 52.2 Å². The molecule has 0 aliphatic heterocycles. The van der Waals surface area contributed by atoms with E-state index in [1.54, 1.807) is 13.0 Å². The number of carbonyl (C=O) groups excluding carboxylic acids is 1. The molecule has 1 rings (SSSR count). The van der Waals surface area contributed by atoms with Gasteiger partial charge in [-0.1, -0.05) is 31.5 Å². The third-order valence-corrected chi connectivity index (χ3v) is 3.54. The molecule has 0 radical (unpaired) electrons. The number of halogens is 1. The highest BCUT2D eigenvalue weighted by Gasteiger charge is 2.15. The van der Waals surface area contributed by atoms with Crippen LogP contribution in [0.15, 0.2) is 18.2 Å². The van der Waals surface area contributed by atoms with E-state index in [1.165, 1.54) is 0 Å². The number of hydrogen-bond acceptors (Lipinski definition) is 3. The first-order valence-corrected chi connectivity index (χ1v) is 7.84. The molecule has 2 atom stereocenters. The van der Waals surface area contributed by atoms with Gasteiger partial charge in [0.05, 0.1) is 5.02 Å². The predicted octanol–water partition coefficient (Wildman–Crippen LogP) is 2.91. The van der Waals surface area contributed by atoms with Crippen molar-refractivity contribution in [3.8, 4) is 5.75 Å². The molecule has 0 spiro atoms. The van der Waals surface area contributed by atoms with Gasteiger partial charge in [-0.15, -0.1) is 0 Å². The second-order valence-corrected chi connectivity index (χ2v) is 5.60. The predicted molar refractivity (Wildman–Crippen MR) is 86.8 cm³/mol. The zero-order valence-electron chi connectivity index (χ0n) is 13.0. The minimum Gasteiger partial charge on any atom is -0.479 e. The SMILES string of the molecule is CCCNC(=O)C(C)Oc1ccc(CC(N)CC)cc1Cl. The Labute approximate surface area is 132 Å². The molecular formula is C16H25ClN2O2. The zero-order chi connectivity index (χ0) is 15.8. The summed E-state index contributed by atoms with van der Waals surface area (Å²) in [7, 11) is 0. The van der Waals surface area contributed by atoms with Crippen molar-refractivity contribution in [3.05, 3.63) is 28.8 Å². The summed E-state index contributed by atoms with van der Waals surface area (Å²) in [6.07, 6.45) is 2.02. The van der Waals surface area contributed by atoms with E-state index in [9.17, 15) is 4.79 Å². The van der Waals surface area contributed by atoms with Gasteiger partial charge in [0.2, 0.25) is 0 Å². The van der Waals surface area contributed by atoms with Gasteiger partial charge in [0, 0.05) is 12.6 Å². The quantitative estimate of drug-likeness (QED) is 0.775. The van der Waals surface area contributed by atoms with Gasteiger partial charge in [-0.05, 0) is 43.9 Å². The maximum absolute atomic E-state index is 11.8. The van der Waals surface area contributed by atoms with Crippen LogP contribution in [0.1, 0.15) is 39.2 Å². The Morgan fingerprint density at radius 1 is 1.43 bits per heavy atom. The normalized spacial score (nSPS) is 13.6. The van der Waals surface area contributed by atoms with Gasteiger partial charge < -0.3 is 15.8 Å². The van der Waals surface area contributed by atoms with Crippen LogP contribution in [0.25, 0.3) is 0 Å². The van der Waals surface area contributed by atoms with Gasteiger partial charge in [0.15, 0.2) is 6.10 Å². The van der Waals surface area contributed by atoms with Crippen molar-refractivity contribution in [2.24, 2.45) is 5.73 Å². The molecule has 118 valence electrons. The van der Waals surface area contributed by atoms with E-state index < -0.39 is 6.10 Å². The molecule has 0 aliphatic rings. The summed E-state index contributed by atoms with van der Waals surface area (Å²) in [5.74, 6) is 0.384. The average molecular weight is 313 g/mol. The molecule has 0 bridgehead atoms. The highest BCUT2D eigenvalue weighted by molar-refractivity contribution is 6.32. The largest absolute Gasteiger partial charge is 0.479 e. The zero-order valence-corrected chi connectivity index (χ0v) is 13.7. The minimum absolute atomic E-state index is 0.131. The lowest BCUT2D eigenvalue weighted by Gasteiger charge is -2.16. The van der Waals surface area contributed by atoms with Gasteiger partial charge in [-0.2, -0.15) is 0 Å². The molecule has 1 aromatic rings. The molecule has 0 fully saturated rings. The molecule has 1 aromatic carbocycles. The summed E-state index contributed by atoms with van der Waals surface area (Å²) in [6, 6.07) is 5.71. The van der Waals surface area contributed by atoms with Crippen LogP contribution in [0.3, 0.4) is 0 Å². The van der Waals surface area contributed by atoms with E-state index in [0.717, 1.165) is 24.8 Å². The van der Waals surface area contributed by atoms with Crippen molar-refractivity contribution in [1.82, 2.24) is 5.32 Å². The van der Waals surface area contributed by atoms with E-state index in [4.69, 9.17) is 22.1 Å². The Hall–Kier alpha value is -1.26. The molecule has 4 nitrogen and oxygen atoms in total. The van der Waals surface area contributed by atoms with Crippen molar-refractivity contribution in [3.63, 3.8) is 0 Å². The summed E-state index contributed by atoms with van der Waals surface area (Å²) in [5.41, 5.74) is 7.01. The summed E-state index contributed by atoms with van der Waals surface area (Å²) >= 11 is 6.21. The highest BCUT2D eigenvalue weighted by atomic mass is 35.5. The smallest absolute Gasteiger partial charge is 0.260 e. The van der Waals surface area contributed by atoms with E-state index in [1.807, 2.05) is 19.1 Å². The van der Waals surface area contributed by atoms with Gasteiger partial charge in [-0.3, -0.25) is 4.79 Å². The summed E-state index contributed by atoms with van der Waals surface area (Å²) in [4.78, 5) is 11.8. The number of benzene rings is 1. The molecule has 5 heteroatoms. The van der Waals surface area contributed by atoms with Crippen LogP contribution in [0.4, 0.5) is 0 Å². The second kappa shape index (κ2) is 8.90. The molecule has 0 aromatic heterocycles. The monoisotopic (exact) mass is 312 g/mol. The molecule has 0 heterocycles. The van der Waals surface area contributed by atoms with Gasteiger partial charge >= 0.3 is 0 Å². The molecule has 0 aliphatic carbocycles. The Morgan fingerprint density at radius 2 is 2.14 bits per heavy atom. The van der Waals surface area contributed by atoms with Crippen molar-refractivity contribution < 1.29 is 9.53 Å². The van der Waals surface area contributed by atoms with Crippen LogP contribution in [0.5, 0.6) is 5.75 Å². The van der Waals surface area contributed by atoms with Crippen molar-refractivity contribution in [1.29, 1.82) is 0 Å². The first kappa shape index (κ1) is 17.8. The minimum atomic E-state index is -0.571. The average Bonchev–Trinajstić information content (AvgIpc) is 2.47. The second-order valence-electron chi connectivity index (χ2n) is 5.19. The van der Waals surface area contributed by atoms with Gasteiger partial charge in [0.1, 0.15) is 5.75 Å². The molecule has 1 amide bonds. The molecule has 2 unspecified atom stereocenters. The Balaban J connectivity index is 2.65. The molecule has 0 saturated heterocycles. The molecular weight excluding hydrogens is 288 g/mol. The first-order valence-electron chi connectivity index (χ1n) is 7.46. The Bertz CT molecular complexity index is 466. The van der Waals surface area contributed by atoms with E-state index in [-0.39, 0.29) is 11.9 Å². The molecule has 3 N–H and O–H groups in total. The van der Waals surface area contributed by atoms with Crippen molar-refractivity contribution >= 4 is 17.5 Å². The number of nitrogens with one attached hydrogen (secondary N) is 1. The Morgan fingerprint density at radius 3 is 2.71 bits per heavy atom. The van der Waals surface area contributed by atoms with E-state index in [2.05, 4.69) is 12.2 Å². The third-order valence-electron chi connectivity index (χ3n) is 3.24. The lowest BCUT2D eigenvalue weighted by atomic mass is 10.0. The van der Waals surface area contributed by atoms with Crippen LogP contribution in [0, 0.1) is 0 Å². The Kier molecular flexibility index (Phi) is 7.54. The van der Waals surface area contributed by atoms with Gasteiger partial charge in [-0.25, -0.2) is 0 Å². The fraction of sp³-hybridized carbons (Fsp3) is 0.562. The first-order chi connectivity index (χ1) is 9.97.